The molecule has 24 heavy (non-hydrogen) atoms. The second-order valence-electron chi connectivity index (χ2n) is 5.64. The molecule has 0 radical (unpaired) electrons. The Hall–Kier alpha value is -3.09. The predicted molar refractivity (Wildman–Crippen MR) is 90.3 cm³/mol. The highest BCUT2D eigenvalue weighted by atomic mass is 19.1. The van der Waals surface area contributed by atoms with E-state index in [4.69, 9.17) is 10.5 Å². The smallest absolute Gasteiger partial charge is 0.198 e. The molecule has 0 bridgehead atoms. The standard InChI is InChI=1S/C17H16FN5O/c1-9-6-10(2-3-20-9)14-15(23-17(19)22-14)11-7-12(18)16-13(8-11)21-4-5-24-16/h2-3,6-8,21H,4-5H2,1H3,(H3,19,22,23). The van der Waals surface area contributed by atoms with Crippen LogP contribution < -0.4 is 15.8 Å². The second kappa shape index (κ2) is 5.52. The number of ether oxygens (including phenoxy) is 1. The van der Waals surface area contributed by atoms with Crippen molar-refractivity contribution in [3.05, 3.63) is 42.0 Å². The zero-order chi connectivity index (χ0) is 16.7. The molecule has 2 aromatic heterocycles. The summed E-state index contributed by atoms with van der Waals surface area (Å²) in [5.74, 6) is 0.0970. The van der Waals surface area contributed by atoms with Crippen LogP contribution in [-0.4, -0.2) is 28.1 Å². The fourth-order valence-electron chi connectivity index (χ4n) is 2.86. The summed E-state index contributed by atoms with van der Waals surface area (Å²) >= 11 is 0. The number of nitrogens with two attached hydrogens (primary N) is 1. The van der Waals surface area contributed by atoms with Gasteiger partial charge in [0.15, 0.2) is 17.5 Å². The van der Waals surface area contributed by atoms with E-state index < -0.39 is 5.82 Å². The lowest BCUT2D eigenvalue weighted by atomic mass is 10.0. The lowest BCUT2D eigenvalue weighted by Crippen LogP contribution is -2.19. The minimum Gasteiger partial charge on any atom is -0.486 e. The molecule has 7 heteroatoms. The van der Waals surface area contributed by atoms with E-state index in [1.54, 1.807) is 6.20 Å². The Morgan fingerprint density at radius 2 is 2.12 bits per heavy atom. The number of aromatic nitrogens is 3. The van der Waals surface area contributed by atoms with Crippen LogP contribution in [0.1, 0.15) is 5.69 Å². The van der Waals surface area contributed by atoms with Crippen LogP contribution in [0.15, 0.2) is 30.5 Å². The first kappa shape index (κ1) is 14.5. The normalized spacial score (nSPS) is 13.1. The highest BCUT2D eigenvalue weighted by Crippen LogP contribution is 2.38. The first-order chi connectivity index (χ1) is 11.6. The van der Waals surface area contributed by atoms with Crippen molar-refractivity contribution < 1.29 is 9.13 Å². The Morgan fingerprint density at radius 3 is 2.96 bits per heavy atom. The maximum absolute atomic E-state index is 14.4. The van der Waals surface area contributed by atoms with Crippen LogP contribution in [0, 0.1) is 12.7 Å². The monoisotopic (exact) mass is 325 g/mol. The average Bonchev–Trinajstić information content (AvgIpc) is 2.97. The number of nitrogen functional groups attached to an aromatic ring is 1. The van der Waals surface area contributed by atoms with Crippen molar-refractivity contribution in [2.24, 2.45) is 0 Å². The SMILES string of the molecule is Cc1cc(-c2[nH]c(N)nc2-c2cc(F)c3c(c2)NCCO3)ccn1. The van der Waals surface area contributed by atoms with E-state index in [0.717, 1.165) is 17.0 Å². The molecule has 0 atom stereocenters. The number of benzene rings is 1. The van der Waals surface area contributed by atoms with Crippen molar-refractivity contribution >= 4 is 11.6 Å². The molecular weight excluding hydrogens is 309 g/mol. The first-order valence-corrected chi connectivity index (χ1v) is 7.61. The van der Waals surface area contributed by atoms with Crippen LogP contribution >= 0.6 is 0 Å². The third-order valence-electron chi connectivity index (χ3n) is 3.89. The average molecular weight is 325 g/mol. The summed E-state index contributed by atoms with van der Waals surface area (Å²) in [6.07, 6.45) is 1.72. The predicted octanol–water partition coefficient (Wildman–Crippen LogP) is 2.97. The van der Waals surface area contributed by atoms with Crippen molar-refractivity contribution in [3.8, 4) is 28.3 Å². The molecule has 1 aliphatic rings. The Balaban J connectivity index is 1.87. The zero-order valence-electron chi connectivity index (χ0n) is 13.1. The number of pyridine rings is 1. The van der Waals surface area contributed by atoms with Gasteiger partial charge in [-0.3, -0.25) is 4.98 Å². The molecule has 1 aromatic carbocycles. The third kappa shape index (κ3) is 2.44. The van der Waals surface area contributed by atoms with Crippen molar-refractivity contribution in [1.29, 1.82) is 0 Å². The van der Waals surface area contributed by atoms with Crippen LogP contribution in [0.5, 0.6) is 5.75 Å². The van der Waals surface area contributed by atoms with Gasteiger partial charge in [0.05, 0.1) is 17.1 Å². The molecule has 1 aliphatic heterocycles. The minimum absolute atomic E-state index is 0.245. The Bertz CT molecular complexity index is 921. The van der Waals surface area contributed by atoms with Gasteiger partial charge in [-0.25, -0.2) is 9.37 Å². The molecule has 122 valence electrons. The number of aryl methyl sites for hydroxylation is 1. The summed E-state index contributed by atoms with van der Waals surface area (Å²) < 4.78 is 19.8. The molecule has 4 rings (SSSR count). The van der Waals surface area contributed by atoms with Gasteiger partial charge in [-0.1, -0.05) is 0 Å². The van der Waals surface area contributed by atoms with Crippen LogP contribution in [0.4, 0.5) is 16.0 Å². The van der Waals surface area contributed by atoms with E-state index in [1.165, 1.54) is 6.07 Å². The topological polar surface area (TPSA) is 88.9 Å². The molecule has 0 unspecified atom stereocenters. The van der Waals surface area contributed by atoms with E-state index in [9.17, 15) is 4.39 Å². The summed E-state index contributed by atoms with van der Waals surface area (Å²) in [6, 6.07) is 7.02. The number of rotatable bonds is 2. The van der Waals surface area contributed by atoms with Gasteiger partial charge in [-0.05, 0) is 31.2 Å². The number of aromatic amines is 1. The van der Waals surface area contributed by atoms with Crippen molar-refractivity contribution in [2.75, 3.05) is 24.2 Å². The molecule has 0 amide bonds. The third-order valence-corrected chi connectivity index (χ3v) is 3.89. The van der Waals surface area contributed by atoms with Gasteiger partial charge >= 0.3 is 0 Å². The molecule has 3 heterocycles. The van der Waals surface area contributed by atoms with Gasteiger partial charge in [0.25, 0.3) is 0 Å². The van der Waals surface area contributed by atoms with E-state index in [-0.39, 0.29) is 11.7 Å². The van der Waals surface area contributed by atoms with Crippen LogP contribution in [0.25, 0.3) is 22.5 Å². The molecule has 0 saturated heterocycles. The minimum atomic E-state index is -0.423. The molecule has 6 nitrogen and oxygen atoms in total. The summed E-state index contributed by atoms with van der Waals surface area (Å²) in [5, 5.41) is 3.14. The van der Waals surface area contributed by atoms with Crippen LogP contribution in [0.3, 0.4) is 0 Å². The Morgan fingerprint density at radius 1 is 1.25 bits per heavy atom. The molecule has 0 aliphatic carbocycles. The van der Waals surface area contributed by atoms with E-state index in [2.05, 4.69) is 20.3 Å². The molecule has 0 saturated carbocycles. The number of hydrogen-bond donors (Lipinski definition) is 3. The van der Waals surface area contributed by atoms with Crippen LogP contribution in [0.2, 0.25) is 0 Å². The molecule has 0 spiro atoms. The number of nitrogens with one attached hydrogen (secondary N) is 2. The fraction of sp³-hybridized carbons (Fsp3) is 0.176. The molecule has 3 aromatic rings. The Labute approximate surface area is 137 Å². The van der Waals surface area contributed by atoms with E-state index >= 15 is 0 Å². The van der Waals surface area contributed by atoms with E-state index in [1.807, 2.05) is 25.1 Å². The number of fused-ring (bicyclic) bond motifs is 1. The lowest BCUT2D eigenvalue weighted by molar-refractivity contribution is 0.306. The van der Waals surface area contributed by atoms with Crippen molar-refractivity contribution in [1.82, 2.24) is 15.0 Å². The second-order valence-corrected chi connectivity index (χ2v) is 5.64. The number of H-pyrrole nitrogens is 1. The van der Waals surface area contributed by atoms with Gasteiger partial charge in [0.1, 0.15) is 6.61 Å². The highest BCUT2D eigenvalue weighted by molar-refractivity contribution is 5.82. The Kier molecular flexibility index (Phi) is 3.34. The van der Waals surface area contributed by atoms with Crippen molar-refractivity contribution in [3.63, 3.8) is 0 Å². The van der Waals surface area contributed by atoms with Gasteiger partial charge in [0, 0.05) is 29.6 Å². The summed E-state index contributed by atoms with van der Waals surface area (Å²) in [6.45, 7) is 2.98. The number of hydrogen-bond acceptors (Lipinski definition) is 5. The number of nitrogens with zero attached hydrogens (tertiary/aromatic N) is 2. The lowest BCUT2D eigenvalue weighted by Gasteiger charge is -2.20. The maximum atomic E-state index is 14.4. The molecule has 0 fully saturated rings. The van der Waals surface area contributed by atoms with Crippen LogP contribution in [-0.2, 0) is 0 Å². The number of anilines is 2. The number of halogens is 1. The number of imidazole rings is 1. The quantitative estimate of drug-likeness (QED) is 0.674. The van der Waals surface area contributed by atoms with Gasteiger partial charge in [-0.15, -0.1) is 0 Å². The molecular formula is C17H16FN5O. The van der Waals surface area contributed by atoms with Crippen molar-refractivity contribution in [2.45, 2.75) is 6.92 Å². The highest BCUT2D eigenvalue weighted by Gasteiger charge is 2.20. The fourth-order valence-corrected chi connectivity index (χ4v) is 2.86. The summed E-state index contributed by atoms with van der Waals surface area (Å²) in [4.78, 5) is 11.6. The zero-order valence-corrected chi connectivity index (χ0v) is 13.1. The van der Waals surface area contributed by atoms with E-state index in [0.29, 0.717) is 30.1 Å². The molecule has 4 N–H and O–H groups in total. The van der Waals surface area contributed by atoms with Gasteiger partial charge in [0.2, 0.25) is 0 Å². The first-order valence-electron chi connectivity index (χ1n) is 7.61. The van der Waals surface area contributed by atoms with Gasteiger partial charge in [-0.2, -0.15) is 0 Å². The largest absolute Gasteiger partial charge is 0.486 e. The van der Waals surface area contributed by atoms with Gasteiger partial charge < -0.3 is 20.8 Å². The summed E-state index contributed by atoms with van der Waals surface area (Å²) in [5.41, 5.74) is 10.2. The summed E-state index contributed by atoms with van der Waals surface area (Å²) in [7, 11) is 0. The maximum Gasteiger partial charge on any atom is 0.198 e.